The molecule has 1 heterocycles. The van der Waals surface area contributed by atoms with Crippen LogP contribution in [0.15, 0.2) is 36.4 Å². The van der Waals surface area contributed by atoms with Crippen molar-refractivity contribution in [2.24, 2.45) is 0 Å². The first-order valence-corrected chi connectivity index (χ1v) is 6.21. The SMILES string of the molecule is Fc1cc(F)c(F)c(-c2cc3ccccc3s2)c1F. The molecule has 0 amide bonds. The molecule has 1 aromatic heterocycles. The van der Waals surface area contributed by atoms with Gasteiger partial charge >= 0.3 is 0 Å². The van der Waals surface area contributed by atoms with Crippen molar-refractivity contribution in [1.82, 2.24) is 0 Å². The maximum Gasteiger partial charge on any atom is 0.170 e. The summed E-state index contributed by atoms with van der Waals surface area (Å²) in [6.45, 7) is 0. The van der Waals surface area contributed by atoms with Crippen LogP contribution in [0.3, 0.4) is 0 Å². The molecule has 0 aliphatic heterocycles. The minimum atomic E-state index is -1.40. The van der Waals surface area contributed by atoms with E-state index in [0.717, 1.165) is 21.4 Å². The van der Waals surface area contributed by atoms with E-state index >= 15 is 0 Å². The van der Waals surface area contributed by atoms with E-state index in [2.05, 4.69) is 0 Å². The Kier molecular flexibility index (Phi) is 2.78. The molecular formula is C14H6F4S. The molecule has 0 bridgehead atoms. The quantitative estimate of drug-likeness (QED) is 0.429. The lowest BCUT2D eigenvalue weighted by Crippen LogP contribution is -1.97. The lowest BCUT2D eigenvalue weighted by molar-refractivity contribution is 0.458. The molecule has 19 heavy (non-hydrogen) atoms. The molecule has 0 aliphatic rings. The molecule has 96 valence electrons. The predicted octanol–water partition coefficient (Wildman–Crippen LogP) is 5.12. The van der Waals surface area contributed by atoms with Crippen molar-refractivity contribution >= 4 is 21.4 Å². The molecule has 0 radical (unpaired) electrons. The van der Waals surface area contributed by atoms with Gasteiger partial charge in [-0.3, -0.25) is 0 Å². The Labute approximate surface area is 109 Å². The average molecular weight is 282 g/mol. The summed E-state index contributed by atoms with van der Waals surface area (Å²) in [4.78, 5) is 0.162. The molecule has 0 spiro atoms. The minimum Gasteiger partial charge on any atom is -0.204 e. The summed E-state index contributed by atoms with van der Waals surface area (Å²) in [7, 11) is 0. The Bertz CT molecular complexity index is 717. The highest BCUT2D eigenvalue weighted by molar-refractivity contribution is 7.22. The number of thiophene rings is 1. The first-order valence-electron chi connectivity index (χ1n) is 5.40. The molecule has 0 nitrogen and oxygen atoms in total. The molecule has 2 aromatic carbocycles. The third-order valence-corrected chi connectivity index (χ3v) is 3.92. The third-order valence-electron chi connectivity index (χ3n) is 2.78. The molecule has 0 atom stereocenters. The Hall–Kier alpha value is -1.88. The molecule has 0 N–H and O–H groups in total. The lowest BCUT2D eigenvalue weighted by Gasteiger charge is -2.04. The van der Waals surface area contributed by atoms with Crippen LogP contribution in [-0.4, -0.2) is 0 Å². The van der Waals surface area contributed by atoms with Crippen molar-refractivity contribution in [2.75, 3.05) is 0 Å². The largest absolute Gasteiger partial charge is 0.204 e. The molecule has 0 saturated carbocycles. The Morgan fingerprint density at radius 1 is 0.789 bits per heavy atom. The normalized spacial score (nSPS) is 11.2. The Morgan fingerprint density at radius 3 is 2.05 bits per heavy atom. The van der Waals surface area contributed by atoms with Crippen molar-refractivity contribution < 1.29 is 17.6 Å². The highest BCUT2D eigenvalue weighted by Crippen LogP contribution is 2.37. The standard InChI is InChI=1S/C14H6F4S/c15-8-6-9(16)14(18)12(13(8)17)11-5-7-3-1-2-4-10(7)19-11/h1-6H. The summed E-state index contributed by atoms with van der Waals surface area (Å²) in [5, 5.41) is 0.769. The summed E-state index contributed by atoms with van der Waals surface area (Å²) in [5.41, 5.74) is -0.654. The van der Waals surface area contributed by atoms with Gasteiger partial charge in [-0.2, -0.15) is 0 Å². The summed E-state index contributed by atoms with van der Waals surface area (Å²) in [6, 6.07) is 8.82. The van der Waals surface area contributed by atoms with Crippen LogP contribution in [0.1, 0.15) is 0 Å². The van der Waals surface area contributed by atoms with Crippen LogP contribution in [-0.2, 0) is 0 Å². The van der Waals surface area contributed by atoms with Crippen LogP contribution in [0.25, 0.3) is 20.5 Å². The van der Waals surface area contributed by atoms with E-state index in [9.17, 15) is 17.6 Å². The molecule has 0 saturated heterocycles. The number of hydrogen-bond acceptors (Lipinski definition) is 1. The highest BCUT2D eigenvalue weighted by Gasteiger charge is 2.21. The van der Waals surface area contributed by atoms with Crippen molar-refractivity contribution in [3.05, 3.63) is 59.7 Å². The molecule has 5 heteroatoms. The van der Waals surface area contributed by atoms with E-state index in [0.29, 0.717) is 0 Å². The zero-order chi connectivity index (χ0) is 13.6. The highest BCUT2D eigenvalue weighted by atomic mass is 32.1. The van der Waals surface area contributed by atoms with Gasteiger partial charge in [-0.1, -0.05) is 18.2 Å². The molecule has 0 fully saturated rings. The first kappa shape index (κ1) is 12.2. The van der Waals surface area contributed by atoms with E-state index in [-0.39, 0.29) is 10.9 Å². The second-order valence-electron chi connectivity index (χ2n) is 3.99. The maximum atomic E-state index is 13.7. The summed E-state index contributed by atoms with van der Waals surface area (Å²) < 4.78 is 54.5. The maximum absolute atomic E-state index is 13.7. The fourth-order valence-corrected chi connectivity index (χ4v) is 2.99. The predicted molar refractivity (Wildman–Crippen MR) is 67.1 cm³/mol. The van der Waals surface area contributed by atoms with Crippen molar-refractivity contribution in [1.29, 1.82) is 0 Å². The fourth-order valence-electron chi connectivity index (χ4n) is 1.89. The molecule has 0 unspecified atom stereocenters. The smallest absolute Gasteiger partial charge is 0.170 e. The van der Waals surface area contributed by atoms with Crippen molar-refractivity contribution in [3.63, 3.8) is 0 Å². The third kappa shape index (κ3) is 1.90. The van der Waals surface area contributed by atoms with Crippen LogP contribution in [0.4, 0.5) is 17.6 Å². The molecular weight excluding hydrogens is 276 g/mol. The average Bonchev–Trinajstić information content (AvgIpc) is 2.80. The van der Waals surface area contributed by atoms with Crippen LogP contribution in [0.2, 0.25) is 0 Å². The minimum absolute atomic E-state index is 0.162. The van der Waals surface area contributed by atoms with Gasteiger partial charge in [0, 0.05) is 15.6 Å². The topological polar surface area (TPSA) is 0 Å². The molecule has 0 aliphatic carbocycles. The van der Waals surface area contributed by atoms with Gasteiger partial charge in [0.25, 0.3) is 0 Å². The number of hydrogen-bond donors (Lipinski definition) is 0. The van der Waals surface area contributed by atoms with E-state index < -0.39 is 28.8 Å². The summed E-state index contributed by atoms with van der Waals surface area (Å²) in [5.74, 6) is -5.53. The van der Waals surface area contributed by atoms with E-state index in [1.807, 2.05) is 0 Å². The van der Waals surface area contributed by atoms with Crippen molar-refractivity contribution in [2.45, 2.75) is 0 Å². The first-order chi connectivity index (χ1) is 9.08. The van der Waals surface area contributed by atoms with Gasteiger partial charge in [0.2, 0.25) is 0 Å². The fraction of sp³-hybridized carbons (Fsp3) is 0. The van der Waals surface area contributed by atoms with Gasteiger partial charge < -0.3 is 0 Å². The van der Waals surface area contributed by atoms with Crippen LogP contribution in [0, 0.1) is 23.3 Å². The summed E-state index contributed by atoms with van der Waals surface area (Å²) >= 11 is 1.08. The zero-order valence-electron chi connectivity index (χ0n) is 9.38. The van der Waals surface area contributed by atoms with Crippen molar-refractivity contribution in [3.8, 4) is 10.4 Å². The summed E-state index contributed by atoms with van der Waals surface area (Å²) in [6.07, 6.45) is 0. The van der Waals surface area contributed by atoms with E-state index in [4.69, 9.17) is 0 Å². The van der Waals surface area contributed by atoms with Gasteiger partial charge in [-0.15, -0.1) is 11.3 Å². The van der Waals surface area contributed by atoms with Crippen LogP contribution >= 0.6 is 11.3 Å². The zero-order valence-corrected chi connectivity index (χ0v) is 10.2. The molecule has 3 aromatic rings. The Balaban J connectivity index is 2.32. The van der Waals surface area contributed by atoms with E-state index in [1.54, 1.807) is 24.3 Å². The van der Waals surface area contributed by atoms with E-state index in [1.165, 1.54) is 6.07 Å². The number of rotatable bonds is 1. The van der Waals surface area contributed by atoms with Gasteiger partial charge in [0.05, 0.1) is 5.56 Å². The van der Waals surface area contributed by atoms with Gasteiger partial charge in [-0.25, -0.2) is 17.6 Å². The van der Waals surface area contributed by atoms with Gasteiger partial charge in [0.15, 0.2) is 23.3 Å². The monoisotopic (exact) mass is 282 g/mol. The Morgan fingerprint density at radius 2 is 1.42 bits per heavy atom. The van der Waals surface area contributed by atoms with Gasteiger partial charge in [0.1, 0.15) is 0 Å². The molecule has 3 rings (SSSR count). The van der Waals surface area contributed by atoms with Gasteiger partial charge in [-0.05, 0) is 17.5 Å². The second-order valence-corrected chi connectivity index (χ2v) is 5.08. The second kappa shape index (κ2) is 4.35. The lowest BCUT2D eigenvalue weighted by atomic mass is 10.1. The number of fused-ring (bicyclic) bond motifs is 1. The number of benzene rings is 2. The van der Waals surface area contributed by atoms with Crippen LogP contribution in [0.5, 0.6) is 0 Å². The number of halogens is 4. The van der Waals surface area contributed by atoms with Crippen LogP contribution < -0.4 is 0 Å².